The first-order valence-corrected chi connectivity index (χ1v) is 11.2. The van der Waals surface area contributed by atoms with E-state index in [1.165, 1.54) is 38.1 Å². The Morgan fingerprint density at radius 1 is 1.23 bits per heavy atom. The van der Waals surface area contributed by atoms with Crippen LogP contribution in [0.2, 0.25) is 0 Å². The van der Waals surface area contributed by atoms with Gasteiger partial charge in [-0.15, -0.1) is 24.0 Å². The Morgan fingerprint density at radius 2 is 1.97 bits per heavy atom. The molecule has 1 aromatic carbocycles. The first-order chi connectivity index (χ1) is 14.6. The fraction of sp³-hybridized carbons (Fsp3) is 0.682. The van der Waals surface area contributed by atoms with Gasteiger partial charge in [-0.3, -0.25) is 10.1 Å². The Kier molecular flexibility index (Phi) is 11.5. The number of nitro groups is 1. The van der Waals surface area contributed by atoms with Gasteiger partial charge in [0.15, 0.2) is 5.96 Å². The van der Waals surface area contributed by atoms with Crippen molar-refractivity contribution in [3.63, 3.8) is 0 Å². The van der Waals surface area contributed by atoms with Gasteiger partial charge in [0.2, 0.25) is 0 Å². The molecule has 0 saturated carbocycles. The van der Waals surface area contributed by atoms with E-state index in [0.29, 0.717) is 6.54 Å². The average Bonchev–Trinajstić information content (AvgIpc) is 3.27. The van der Waals surface area contributed by atoms with E-state index in [0.717, 1.165) is 62.9 Å². The summed E-state index contributed by atoms with van der Waals surface area (Å²) in [5, 5.41) is 17.6. The number of hydrogen-bond donors (Lipinski definition) is 2. The molecule has 8 nitrogen and oxygen atoms in total. The number of guanidine groups is 1. The van der Waals surface area contributed by atoms with E-state index in [4.69, 9.17) is 4.74 Å². The van der Waals surface area contributed by atoms with Gasteiger partial charge in [0, 0.05) is 31.8 Å². The number of nitrogens with one attached hydrogen (secondary N) is 2. The molecule has 1 unspecified atom stereocenters. The average molecular weight is 545 g/mol. The number of halogens is 1. The van der Waals surface area contributed by atoms with Crippen LogP contribution in [0.25, 0.3) is 0 Å². The van der Waals surface area contributed by atoms with E-state index in [2.05, 4.69) is 27.4 Å². The number of ether oxygens (including phenoxy) is 1. The van der Waals surface area contributed by atoms with Gasteiger partial charge in [0.25, 0.3) is 5.69 Å². The third-order valence-corrected chi connectivity index (χ3v) is 5.91. The van der Waals surface area contributed by atoms with Crippen molar-refractivity contribution in [1.82, 2.24) is 15.5 Å². The molecule has 9 heteroatoms. The van der Waals surface area contributed by atoms with Crippen molar-refractivity contribution in [3.8, 4) is 0 Å². The highest BCUT2D eigenvalue weighted by Crippen LogP contribution is 2.16. The third-order valence-electron chi connectivity index (χ3n) is 5.91. The van der Waals surface area contributed by atoms with E-state index in [9.17, 15) is 10.1 Å². The summed E-state index contributed by atoms with van der Waals surface area (Å²) in [5.74, 6) is 1.63. The number of nitrogens with zero attached hydrogens (tertiary/aromatic N) is 3. The summed E-state index contributed by atoms with van der Waals surface area (Å²) >= 11 is 0. The summed E-state index contributed by atoms with van der Waals surface area (Å²) in [4.78, 5) is 17.7. The Morgan fingerprint density at radius 3 is 2.61 bits per heavy atom. The van der Waals surface area contributed by atoms with Gasteiger partial charge in [-0.2, -0.15) is 0 Å². The lowest BCUT2D eigenvalue weighted by Gasteiger charge is -2.30. The van der Waals surface area contributed by atoms with Crippen LogP contribution < -0.4 is 10.6 Å². The molecule has 0 bridgehead atoms. The summed E-state index contributed by atoms with van der Waals surface area (Å²) in [7, 11) is 0. The standard InChI is InChI=1S/C22H35N5O3.HI/c1-18-9-13-26(14-10-18)12-3-11-23-22(25-17-21-4-2-15-30-21)24-16-19-5-7-20(8-6-19)27(28)29;/h5-8,18,21H,2-4,9-17H2,1H3,(H2,23,24,25);1H. The molecule has 0 radical (unpaired) electrons. The lowest BCUT2D eigenvalue weighted by Crippen LogP contribution is -2.42. The minimum Gasteiger partial charge on any atom is -0.376 e. The van der Waals surface area contributed by atoms with Crippen LogP contribution in [0.4, 0.5) is 5.69 Å². The van der Waals surface area contributed by atoms with Crippen molar-refractivity contribution in [2.45, 2.75) is 51.7 Å². The molecule has 2 fully saturated rings. The van der Waals surface area contributed by atoms with Crippen molar-refractivity contribution in [2.24, 2.45) is 10.9 Å². The summed E-state index contributed by atoms with van der Waals surface area (Å²) in [6, 6.07) is 6.57. The fourth-order valence-electron chi connectivity index (χ4n) is 3.88. The van der Waals surface area contributed by atoms with E-state index in [-0.39, 0.29) is 40.7 Å². The number of likely N-dealkylation sites (tertiary alicyclic amines) is 1. The van der Waals surface area contributed by atoms with E-state index >= 15 is 0 Å². The number of rotatable bonds is 9. The molecule has 1 aromatic rings. The molecule has 2 N–H and O–H groups in total. The zero-order valence-corrected chi connectivity index (χ0v) is 20.8. The van der Waals surface area contributed by atoms with E-state index in [1.54, 1.807) is 12.1 Å². The van der Waals surface area contributed by atoms with Gasteiger partial charge in [0.05, 0.1) is 17.6 Å². The van der Waals surface area contributed by atoms with Crippen LogP contribution in [0.1, 0.15) is 44.6 Å². The van der Waals surface area contributed by atoms with E-state index < -0.39 is 0 Å². The van der Waals surface area contributed by atoms with Crippen LogP contribution in [0.15, 0.2) is 29.3 Å². The topological polar surface area (TPSA) is 92.0 Å². The van der Waals surface area contributed by atoms with Gasteiger partial charge >= 0.3 is 0 Å². The van der Waals surface area contributed by atoms with Crippen LogP contribution in [0.3, 0.4) is 0 Å². The zero-order chi connectivity index (χ0) is 21.2. The quantitative estimate of drug-likeness (QED) is 0.123. The Balaban J connectivity index is 0.00000341. The molecule has 174 valence electrons. The van der Waals surface area contributed by atoms with Gasteiger partial charge in [0.1, 0.15) is 0 Å². The molecule has 2 aliphatic rings. The van der Waals surface area contributed by atoms with E-state index in [1.807, 2.05) is 0 Å². The summed E-state index contributed by atoms with van der Waals surface area (Å²) in [6.45, 7) is 8.79. The predicted molar refractivity (Wildman–Crippen MR) is 134 cm³/mol. The second kappa shape index (κ2) is 13.8. The molecule has 0 spiro atoms. The molecule has 2 saturated heterocycles. The molecular formula is C22H36IN5O3. The van der Waals surface area contributed by atoms with Gasteiger partial charge in [-0.25, -0.2) is 4.99 Å². The van der Waals surface area contributed by atoms with Gasteiger partial charge in [-0.05, 0) is 63.2 Å². The maximum Gasteiger partial charge on any atom is 0.269 e. The first-order valence-electron chi connectivity index (χ1n) is 11.2. The van der Waals surface area contributed by atoms with Gasteiger partial charge < -0.3 is 20.3 Å². The number of hydrogen-bond acceptors (Lipinski definition) is 5. The fourth-order valence-corrected chi connectivity index (χ4v) is 3.88. The SMILES string of the molecule is CC1CCN(CCCNC(=NCc2ccc([N+](=O)[O-])cc2)NCC2CCCO2)CC1.I. The van der Waals surface area contributed by atoms with Crippen molar-refractivity contribution >= 4 is 35.6 Å². The maximum absolute atomic E-state index is 10.8. The molecule has 3 rings (SSSR count). The van der Waals surface area contributed by atoms with Crippen LogP contribution in [-0.2, 0) is 11.3 Å². The Labute approximate surface area is 202 Å². The number of piperidine rings is 1. The summed E-state index contributed by atoms with van der Waals surface area (Å²) in [6.07, 6.45) is 6.12. The second-order valence-corrected chi connectivity index (χ2v) is 8.41. The number of nitro benzene ring substituents is 1. The Hall–Kier alpha value is -1.46. The molecule has 0 amide bonds. The summed E-state index contributed by atoms with van der Waals surface area (Å²) < 4.78 is 5.70. The molecule has 0 aromatic heterocycles. The van der Waals surface area contributed by atoms with Gasteiger partial charge in [-0.1, -0.05) is 19.1 Å². The minimum absolute atomic E-state index is 0. The third kappa shape index (κ3) is 9.28. The number of benzene rings is 1. The predicted octanol–water partition coefficient (Wildman–Crippen LogP) is 3.55. The lowest BCUT2D eigenvalue weighted by atomic mass is 9.99. The van der Waals surface area contributed by atoms with Crippen LogP contribution in [0.5, 0.6) is 0 Å². The van der Waals surface area contributed by atoms with Crippen molar-refractivity contribution in [1.29, 1.82) is 0 Å². The first kappa shape index (κ1) is 25.8. The molecule has 31 heavy (non-hydrogen) atoms. The van der Waals surface area contributed by atoms with Crippen molar-refractivity contribution in [3.05, 3.63) is 39.9 Å². The second-order valence-electron chi connectivity index (χ2n) is 8.41. The molecule has 2 aliphatic heterocycles. The smallest absolute Gasteiger partial charge is 0.269 e. The molecule has 1 atom stereocenters. The van der Waals surface area contributed by atoms with Crippen molar-refractivity contribution < 1.29 is 9.66 Å². The van der Waals surface area contributed by atoms with Crippen LogP contribution in [-0.4, -0.2) is 61.2 Å². The molecular weight excluding hydrogens is 509 g/mol. The monoisotopic (exact) mass is 545 g/mol. The highest BCUT2D eigenvalue weighted by Gasteiger charge is 2.16. The Bertz CT molecular complexity index is 687. The maximum atomic E-state index is 10.8. The van der Waals surface area contributed by atoms with Crippen LogP contribution >= 0.6 is 24.0 Å². The zero-order valence-electron chi connectivity index (χ0n) is 18.4. The summed E-state index contributed by atoms with van der Waals surface area (Å²) in [5.41, 5.74) is 1.05. The highest BCUT2D eigenvalue weighted by atomic mass is 127. The number of non-ortho nitro benzene ring substituents is 1. The largest absolute Gasteiger partial charge is 0.376 e. The van der Waals surface area contributed by atoms with Crippen molar-refractivity contribution in [2.75, 3.05) is 39.3 Å². The minimum atomic E-state index is -0.383. The normalized spacial score (nSPS) is 20.3. The molecule has 2 heterocycles. The van der Waals surface area contributed by atoms with Crippen LogP contribution in [0, 0.1) is 16.0 Å². The lowest BCUT2D eigenvalue weighted by molar-refractivity contribution is -0.384. The number of aliphatic imine (C=N–C) groups is 1. The molecule has 0 aliphatic carbocycles. The highest BCUT2D eigenvalue weighted by molar-refractivity contribution is 14.0.